The third kappa shape index (κ3) is 6.96. The van der Waals surface area contributed by atoms with Gasteiger partial charge in [-0.2, -0.15) is 0 Å². The minimum absolute atomic E-state index is 0.568. The molecule has 0 unspecified atom stereocenters. The van der Waals surface area contributed by atoms with E-state index in [0.717, 1.165) is 83.8 Å². The SMILES string of the molecule is C=C(/N=C(\N=C(/C)c1ccccc1)c1cccc(-n2c3ccccc3c3ccc4c5ccccc5n(-c5ccccc5)c4c32)c1)c1cccc(-n2c3ccccc3c3ccc4c5ccccc5n(-c5ccccc5)c4c32)c1. The van der Waals surface area contributed by atoms with Crippen molar-refractivity contribution in [2.24, 2.45) is 9.98 Å². The van der Waals surface area contributed by atoms with E-state index in [4.69, 9.17) is 16.6 Å². The smallest absolute Gasteiger partial charge is 0.160 e. The Balaban J connectivity index is 0.928. The molecular formula is C71H48N6. The molecule has 0 saturated heterocycles. The maximum atomic E-state index is 5.45. The van der Waals surface area contributed by atoms with Gasteiger partial charge in [0.25, 0.3) is 0 Å². The summed E-state index contributed by atoms with van der Waals surface area (Å²) in [5, 5.41) is 9.58. The van der Waals surface area contributed by atoms with Gasteiger partial charge in [0.2, 0.25) is 0 Å². The van der Waals surface area contributed by atoms with Gasteiger partial charge in [-0.1, -0.05) is 195 Å². The molecule has 4 heterocycles. The molecule has 0 atom stereocenters. The number of hydrogen-bond donors (Lipinski definition) is 0. The summed E-state index contributed by atoms with van der Waals surface area (Å²) in [5.74, 6) is 0.568. The fraction of sp³-hybridized carbons (Fsp3) is 0.0141. The van der Waals surface area contributed by atoms with Crippen LogP contribution < -0.4 is 0 Å². The topological polar surface area (TPSA) is 44.4 Å². The summed E-state index contributed by atoms with van der Waals surface area (Å²) in [7, 11) is 0. The van der Waals surface area contributed by atoms with Crippen LogP contribution in [-0.4, -0.2) is 29.8 Å². The lowest BCUT2D eigenvalue weighted by Gasteiger charge is -2.14. The summed E-state index contributed by atoms with van der Waals surface area (Å²) in [4.78, 5) is 10.8. The second-order valence-electron chi connectivity index (χ2n) is 19.8. The molecule has 0 aliphatic rings. The third-order valence-corrected chi connectivity index (χ3v) is 15.5. The quantitative estimate of drug-likeness (QED) is 0.108. The number of amidine groups is 1. The van der Waals surface area contributed by atoms with E-state index < -0.39 is 0 Å². The molecule has 15 aromatic rings. The maximum Gasteiger partial charge on any atom is 0.160 e. The van der Waals surface area contributed by atoms with Crippen molar-refractivity contribution in [1.82, 2.24) is 18.3 Å². The van der Waals surface area contributed by atoms with Crippen LogP contribution in [0.15, 0.2) is 277 Å². The molecule has 0 fully saturated rings. The molecule has 0 saturated carbocycles. The molecule has 0 bridgehead atoms. The summed E-state index contributed by atoms with van der Waals surface area (Å²) >= 11 is 0. The van der Waals surface area contributed by atoms with Crippen molar-refractivity contribution in [3.63, 3.8) is 0 Å². The van der Waals surface area contributed by atoms with Crippen LogP contribution in [0.4, 0.5) is 0 Å². The maximum absolute atomic E-state index is 5.45. The normalized spacial score (nSPS) is 12.4. The first-order valence-corrected chi connectivity index (χ1v) is 26.2. The van der Waals surface area contributed by atoms with Gasteiger partial charge in [-0.25, -0.2) is 9.98 Å². The molecule has 0 amide bonds. The summed E-state index contributed by atoms with van der Waals surface area (Å²) in [5.41, 5.74) is 17.6. The van der Waals surface area contributed by atoms with Gasteiger partial charge in [0.1, 0.15) is 0 Å². The largest absolute Gasteiger partial charge is 0.307 e. The fourth-order valence-electron chi connectivity index (χ4n) is 12.1. The number of aliphatic imine (C=N–C) groups is 2. The van der Waals surface area contributed by atoms with E-state index in [0.29, 0.717) is 11.5 Å². The molecule has 77 heavy (non-hydrogen) atoms. The number of benzene rings is 11. The lowest BCUT2D eigenvalue weighted by atomic mass is 10.1. The Labute approximate surface area is 444 Å². The second kappa shape index (κ2) is 17.7. The molecule has 11 aromatic carbocycles. The van der Waals surface area contributed by atoms with Crippen molar-refractivity contribution in [3.8, 4) is 22.7 Å². The fourth-order valence-corrected chi connectivity index (χ4v) is 12.1. The molecule has 0 aliphatic heterocycles. The monoisotopic (exact) mass is 984 g/mol. The van der Waals surface area contributed by atoms with Crippen LogP contribution in [0.25, 0.3) is 116 Å². The van der Waals surface area contributed by atoms with E-state index in [1.807, 2.05) is 6.07 Å². The van der Waals surface area contributed by atoms with Crippen LogP contribution in [0, 0.1) is 0 Å². The van der Waals surface area contributed by atoms with Gasteiger partial charge in [0, 0.05) is 82.7 Å². The molecule has 0 aliphatic carbocycles. The Morgan fingerprint density at radius 1 is 0.286 bits per heavy atom. The molecule has 15 rings (SSSR count). The molecular weight excluding hydrogens is 937 g/mol. The predicted molar refractivity (Wildman–Crippen MR) is 324 cm³/mol. The molecule has 6 nitrogen and oxygen atoms in total. The van der Waals surface area contributed by atoms with Crippen molar-refractivity contribution >= 4 is 104 Å². The molecule has 0 radical (unpaired) electrons. The van der Waals surface area contributed by atoms with Gasteiger partial charge in [0.15, 0.2) is 5.84 Å². The zero-order valence-corrected chi connectivity index (χ0v) is 42.2. The van der Waals surface area contributed by atoms with Crippen molar-refractivity contribution in [2.75, 3.05) is 0 Å². The van der Waals surface area contributed by atoms with Gasteiger partial charge in [-0.05, 0) is 85.3 Å². The van der Waals surface area contributed by atoms with Crippen molar-refractivity contribution < 1.29 is 0 Å². The van der Waals surface area contributed by atoms with Crippen molar-refractivity contribution in [2.45, 2.75) is 6.92 Å². The summed E-state index contributed by atoms with van der Waals surface area (Å²) in [6, 6.07) is 93.2. The Hall–Kier alpha value is -10.3. The van der Waals surface area contributed by atoms with Gasteiger partial charge >= 0.3 is 0 Å². The number of nitrogens with zero attached hydrogens (tertiary/aromatic N) is 6. The number of para-hydroxylation sites is 6. The Kier molecular flexibility index (Phi) is 10.2. The molecule has 0 N–H and O–H groups in total. The first kappa shape index (κ1) is 44.2. The van der Waals surface area contributed by atoms with E-state index in [1.165, 1.54) is 48.6 Å². The van der Waals surface area contributed by atoms with E-state index in [-0.39, 0.29) is 0 Å². The van der Waals surface area contributed by atoms with Crippen LogP contribution >= 0.6 is 0 Å². The number of rotatable bonds is 8. The van der Waals surface area contributed by atoms with Crippen LogP contribution in [0.2, 0.25) is 0 Å². The number of hydrogen-bond acceptors (Lipinski definition) is 1. The number of fused-ring (bicyclic) bond motifs is 14. The summed E-state index contributed by atoms with van der Waals surface area (Å²) in [6.07, 6.45) is 0. The second-order valence-corrected chi connectivity index (χ2v) is 19.8. The van der Waals surface area contributed by atoms with Crippen molar-refractivity contribution in [3.05, 3.63) is 284 Å². The third-order valence-electron chi connectivity index (χ3n) is 15.5. The van der Waals surface area contributed by atoms with Crippen LogP contribution in [0.1, 0.15) is 23.6 Å². The highest BCUT2D eigenvalue weighted by Crippen LogP contribution is 2.44. The summed E-state index contributed by atoms with van der Waals surface area (Å²) in [6.45, 7) is 6.78. The first-order chi connectivity index (χ1) is 38.1. The predicted octanol–water partition coefficient (Wildman–Crippen LogP) is 18.0. The minimum Gasteiger partial charge on any atom is -0.307 e. The highest BCUT2D eigenvalue weighted by molar-refractivity contribution is 6.25. The van der Waals surface area contributed by atoms with E-state index in [2.05, 4.69) is 280 Å². The average molecular weight is 985 g/mol. The van der Waals surface area contributed by atoms with Crippen molar-refractivity contribution in [1.29, 1.82) is 0 Å². The number of aromatic nitrogens is 4. The summed E-state index contributed by atoms with van der Waals surface area (Å²) < 4.78 is 9.70. The molecule has 6 heteroatoms. The standard InChI is InChI=1S/C71H48N6/c1-46(48-22-6-3-7-23-48)72-71(50-25-21-31-54(45-50)77-66-39-19-15-35-58(66)62-43-41-60-56-33-13-17-37-64(56)75(68(60)70(62)77)52-28-10-5-11-29-52)73-47(2)49-24-20-30-53(44-49)76-65-38-18-14-34-57(65)61-42-40-59-55-32-12-16-36-63(55)74(67(59)69(61)76)51-26-8-4-9-27-51/h3-45H,2H2,1H3/b72-46+,73-71-. The highest BCUT2D eigenvalue weighted by atomic mass is 15.1. The van der Waals surface area contributed by atoms with Gasteiger partial charge in [-0.15, -0.1) is 0 Å². The van der Waals surface area contributed by atoms with E-state index in [1.54, 1.807) is 0 Å². The zero-order chi connectivity index (χ0) is 51.1. The average Bonchev–Trinajstić information content (AvgIpc) is 4.25. The zero-order valence-electron chi connectivity index (χ0n) is 42.2. The highest BCUT2D eigenvalue weighted by Gasteiger charge is 2.24. The Bertz CT molecular complexity index is 4930. The van der Waals surface area contributed by atoms with Gasteiger partial charge < -0.3 is 18.3 Å². The van der Waals surface area contributed by atoms with Crippen LogP contribution in [0.5, 0.6) is 0 Å². The lowest BCUT2D eigenvalue weighted by Crippen LogP contribution is -2.06. The van der Waals surface area contributed by atoms with E-state index in [9.17, 15) is 0 Å². The van der Waals surface area contributed by atoms with Crippen LogP contribution in [-0.2, 0) is 0 Å². The minimum atomic E-state index is 0.568. The molecule has 0 spiro atoms. The molecule has 4 aromatic heterocycles. The first-order valence-electron chi connectivity index (χ1n) is 26.2. The Morgan fingerprint density at radius 2 is 0.597 bits per heavy atom. The van der Waals surface area contributed by atoms with Gasteiger partial charge in [0.05, 0.1) is 49.8 Å². The molecule has 362 valence electrons. The Morgan fingerprint density at radius 3 is 1.01 bits per heavy atom. The van der Waals surface area contributed by atoms with Gasteiger partial charge in [-0.3, -0.25) is 0 Å². The van der Waals surface area contributed by atoms with E-state index >= 15 is 0 Å². The van der Waals surface area contributed by atoms with Crippen LogP contribution in [0.3, 0.4) is 0 Å². The lowest BCUT2D eigenvalue weighted by molar-refractivity contribution is 1.15.